The molecule has 0 saturated carbocycles. The summed E-state index contributed by atoms with van der Waals surface area (Å²) < 4.78 is 0. The van der Waals surface area contributed by atoms with Crippen LogP contribution in [0.2, 0.25) is 0 Å². The lowest BCUT2D eigenvalue weighted by atomic mass is 10.1. The molecule has 0 aliphatic rings. The number of likely N-dealkylation sites (N-methyl/N-ethyl adjacent to an activating group) is 1. The van der Waals surface area contributed by atoms with Crippen LogP contribution in [0, 0.1) is 0 Å². The van der Waals surface area contributed by atoms with E-state index in [4.69, 9.17) is 0 Å². The number of hydrogen-bond acceptors (Lipinski definition) is 2. The van der Waals surface area contributed by atoms with Gasteiger partial charge in [0.2, 0.25) is 0 Å². The average molecular weight is 195 g/mol. The fraction of sp³-hybridized carbons (Fsp3) is 0.455. The third-order valence-corrected chi connectivity index (χ3v) is 2.67. The van der Waals surface area contributed by atoms with Gasteiger partial charge in [0.05, 0.1) is 0 Å². The van der Waals surface area contributed by atoms with Gasteiger partial charge < -0.3 is 5.32 Å². The lowest BCUT2D eigenvalue weighted by molar-refractivity contribution is 0.661. The van der Waals surface area contributed by atoms with Crippen LogP contribution in [0.3, 0.4) is 0 Å². The van der Waals surface area contributed by atoms with Crippen molar-refractivity contribution in [1.29, 1.82) is 0 Å². The molecule has 0 spiro atoms. The molecule has 0 saturated heterocycles. The molecule has 1 heterocycles. The summed E-state index contributed by atoms with van der Waals surface area (Å²) in [5, 5.41) is 7.64. The van der Waals surface area contributed by atoms with Crippen LogP contribution in [-0.2, 0) is 6.42 Å². The molecule has 0 radical (unpaired) electrons. The van der Waals surface area contributed by atoms with Gasteiger partial charge in [-0.15, -0.1) is 0 Å². The fourth-order valence-electron chi connectivity index (χ4n) is 1.31. The predicted octanol–water partition coefficient (Wildman–Crippen LogP) is 2.84. The maximum atomic E-state index is 3.30. The Morgan fingerprint density at radius 2 is 2.38 bits per heavy atom. The molecule has 1 rings (SSSR count). The second kappa shape index (κ2) is 5.20. The molecule has 1 atom stereocenters. The number of rotatable bonds is 4. The molecule has 2 heteroatoms. The Labute approximate surface area is 84.5 Å². The second-order valence-electron chi connectivity index (χ2n) is 3.47. The average Bonchev–Trinajstić information content (AvgIpc) is 2.55. The van der Waals surface area contributed by atoms with Crippen LogP contribution >= 0.6 is 11.3 Å². The van der Waals surface area contributed by atoms with E-state index in [1.54, 1.807) is 11.3 Å². The quantitative estimate of drug-likeness (QED) is 0.728. The maximum Gasteiger partial charge on any atom is 0.0290 e. The summed E-state index contributed by atoms with van der Waals surface area (Å²) in [7, 11) is 2.01. The first-order chi connectivity index (χ1) is 6.22. The highest BCUT2D eigenvalue weighted by Crippen LogP contribution is 2.09. The van der Waals surface area contributed by atoms with Gasteiger partial charge >= 0.3 is 0 Å². The summed E-state index contributed by atoms with van der Waals surface area (Å²) >= 11 is 1.76. The first-order valence-corrected chi connectivity index (χ1v) is 5.50. The summed E-state index contributed by atoms with van der Waals surface area (Å²) in [6.45, 7) is 4.27. The standard InChI is InChI=1S/C11H17NS/c1-9(2)6-11(12-3)7-10-4-5-13-8-10/h4-6,8,11-12H,7H2,1-3H3. The molecule has 0 bridgehead atoms. The molecule has 0 amide bonds. The zero-order valence-electron chi connectivity index (χ0n) is 8.50. The molecule has 1 unspecified atom stereocenters. The number of thiophene rings is 1. The van der Waals surface area contributed by atoms with Crippen LogP contribution in [0.1, 0.15) is 19.4 Å². The molecule has 0 aromatic carbocycles. The van der Waals surface area contributed by atoms with E-state index >= 15 is 0 Å². The molecular formula is C11H17NS. The van der Waals surface area contributed by atoms with Gasteiger partial charge in [-0.3, -0.25) is 0 Å². The van der Waals surface area contributed by atoms with E-state index in [-0.39, 0.29) is 0 Å². The van der Waals surface area contributed by atoms with E-state index in [1.165, 1.54) is 11.1 Å². The third-order valence-electron chi connectivity index (χ3n) is 1.94. The van der Waals surface area contributed by atoms with Crippen molar-refractivity contribution in [3.8, 4) is 0 Å². The Bertz CT molecular complexity index is 258. The summed E-state index contributed by atoms with van der Waals surface area (Å²) in [6, 6.07) is 2.66. The van der Waals surface area contributed by atoms with Crippen molar-refractivity contribution in [2.24, 2.45) is 0 Å². The van der Waals surface area contributed by atoms with Gasteiger partial charge in [-0.2, -0.15) is 11.3 Å². The molecule has 1 N–H and O–H groups in total. The highest BCUT2D eigenvalue weighted by Gasteiger charge is 2.03. The Hall–Kier alpha value is -0.600. The van der Waals surface area contributed by atoms with Crippen molar-refractivity contribution in [2.45, 2.75) is 26.3 Å². The van der Waals surface area contributed by atoms with Gasteiger partial charge in [0.25, 0.3) is 0 Å². The van der Waals surface area contributed by atoms with Crippen molar-refractivity contribution in [3.63, 3.8) is 0 Å². The summed E-state index contributed by atoms with van der Waals surface area (Å²) in [4.78, 5) is 0. The fourth-order valence-corrected chi connectivity index (χ4v) is 1.99. The first kappa shape index (κ1) is 10.5. The van der Waals surface area contributed by atoms with Crippen molar-refractivity contribution in [3.05, 3.63) is 34.0 Å². The van der Waals surface area contributed by atoms with Crippen LogP contribution in [0.15, 0.2) is 28.5 Å². The number of allylic oxidation sites excluding steroid dienone is 1. The van der Waals surface area contributed by atoms with Gasteiger partial charge in [-0.25, -0.2) is 0 Å². The van der Waals surface area contributed by atoms with E-state index in [0.717, 1.165) is 6.42 Å². The van der Waals surface area contributed by atoms with Gasteiger partial charge in [0.1, 0.15) is 0 Å². The highest BCUT2D eigenvalue weighted by atomic mass is 32.1. The molecule has 0 aliphatic heterocycles. The molecule has 0 aliphatic carbocycles. The SMILES string of the molecule is CNC(C=C(C)C)Cc1ccsc1. The Morgan fingerprint density at radius 1 is 1.62 bits per heavy atom. The van der Waals surface area contributed by atoms with E-state index in [0.29, 0.717) is 6.04 Å². The normalized spacial score (nSPS) is 12.5. The molecule has 0 fully saturated rings. The second-order valence-corrected chi connectivity index (χ2v) is 4.25. The summed E-state index contributed by atoms with van der Waals surface area (Å²) in [6.07, 6.45) is 3.36. The summed E-state index contributed by atoms with van der Waals surface area (Å²) in [5.74, 6) is 0. The zero-order chi connectivity index (χ0) is 9.68. The number of hydrogen-bond donors (Lipinski definition) is 1. The first-order valence-electron chi connectivity index (χ1n) is 4.55. The Balaban J connectivity index is 2.55. The van der Waals surface area contributed by atoms with Crippen LogP contribution in [0.25, 0.3) is 0 Å². The van der Waals surface area contributed by atoms with Crippen LogP contribution in [0.4, 0.5) is 0 Å². The lowest BCUT2D eigenvalue weighted by Crippen LogP contribution is -2.25. The smallest absolute Gasteiger partial charge is 0.0290 e. The largest absolute Gasteiger partial charge is 0.313 e. The van der Waals surface area contributed by atoms with Crippen molar-refractivity contribution in [2.75, 3.05) is 7.05 Å². The minimum atomic E-state index is 0.472. The molecule has 1 nitrogen and oxygen atoms in total. The van der Waals surface area contributed by atoms with Gasteiger partial charge in [-0.1, -0.05) is 11.6 Å². The Kier molecular flexibility index (Phi) is 4.19. The lowest BCUT2D eigenvalue weighted by Gasteiger charge is -2.11. The number of nitrogens with one attached hydrogen (secondary N) is 1. The predicted molar refractivity (Wildman–Crippen MR) is 60.3 cm³/mol. The van der Waals surface area contributed by atoms with Crippen LogP contribution < -0.4 is 5.32 Å². The minimum Gasteiger partial charge on any atom is -0.313 e. The van der Waals surface area contributed by atoms with E-state index < -0.39 is 0 Å². The van der Waals surface area contributed by atoms with Gasteiger partial charge in [-0.05, 0) is 49.7 Å². The van der Waals surface area contributed by atoms with E-state index in [1.807, 2.05) is 7.05 Å². The highest BCUT2D eigenvalue weighted by molar-refractivity contribution is 7.07. The molecule has 1 aromatic heterocycles. The van der Waals surface area contributed by atoms with Gasteiger partial charge in [0.15, 0.2) is 0 Å². The minimum absolute atomic E-state index is 0.472. The monoisotopic (exact) mass is 195 g/mol. The Morgan fingerprint density at radius 3 is 2.85 bits per heavy atom. The molecular weight excluding hydrogens is 178 g/mol. The van der Waals surface area contributed by atoms with Crippen LogP contribution in [0.5, 0.6) is 0 Å². The third kappa shape index (κ3) is 3.75. The van der Waals surface area contributed by atoms with Crippen LogP contribution in [-0.4, -0.2) is 13.1 Å². The van der Waals surface area contributed by atoms with E-state index in [9.17, 15) is 0 Å². The summed E-state index contributed by atoms with van der Waals surface area (Å²) in [5.41, 5.74) is 2.79. The van der Waals surface area contributed by atoms with Gasteiger partial charge in [0, 0.05) is 6.04 Å². The molecule has 72 valence electrons. The van der Waals surface area contributed by atoms with Crippen molar-refractivity contribution in [1.82, 2.24) is 5.32 Å². The van der Waals surface area contributed by atoms with Crippen molar-refractivity contribution >= 4 is 11.3 Å². The topological polar surface area (TPSA) is 12.0 Å². The molecule has 13 heavy (non-hydrogen) atoms. The zero-order valence-corrected chi connectivity index (χ0v) is 9.32. The van der Waals surface area contributed by atoms with E-state index in [2.05, 4.69) is 42.1 Å². The maximum absolute atomic E-state index is 3.30. The molecule has 1 aromatic rings. The van der Waals surface area contributed by atoms with Crippen molar-refractivity contribution < 1.29 is 0 Å².